The topological polar surface area (TPSA) is 34.2 Å². The number of aryl methyl sites for hydroxylation is 3. The molecular formula is C44H30BN3O. The first kappa shape index (κ1) is 26.9. The van der Waals surface area contributed by atoms with Gasteiger partial charge in [0.2, 0.25) is 0 Å². The van der Waals surface area contributed by atoms with Gasteiger partial charge in [0.05, 0.1) is 11.2 Å². The van der Waals surface area contributed by atoms with Crippen molar-refractivity contribution in [1.82, 2.24) is 9.46 Å². The van der Waals surface area contributed by atoms with E-state index in [0.29, 0.717) is 0 Å². The summed E-state index contributed by atoms with van der Waals surface area (Å²) in [5, 5.41) is 4.69. The third-order valence-corrected chi connectivity index (χ3v) is 10.9. The van der Waals surface area contributed by atoms with Crippen LogP contribution in [0.3, 0.4) is 0 Å². The summed E-state index contributed by atoms with van der Waals surface area (Å²) in [6.45, 7) is 6.57. The summed E-state index contributed by atoms with van der Waals surface area (Å²) in [6, 6.07) is 44.2. The highest BCUT2D eigenvalue weighted by Gasteiger charge is 2.44. The van der Waals surface area contributed by atoms with Crippen LogP contribution in [-0.2, 0) is 0 Å². The third kappa shape index (κ3) is 3.46. The number of fused-ring (bicyclic) bond motifs is 11. The molecule has 0 fully saturated rings. The van der Waals surface area contributed by atoms with E-state index >= 15 is 0 Å². The predicted octanol–water partition coefficient (Wildman–Crippen LogP) is 10.1. The van der Waals surface area contributed by atoms with Gasteiger partial charge in [-0.1, -0.05) is 78.4 Å². The molecule has 230 valence electrons. The van der Waals surface area contributed by atoms with Crippen molar-refractivity contribution in [1.29, 1.82) is 0 Å². The van der Waals surface area contributed by atoms with Crippen LogP contribution in [0.4, 0.5) is 17.1 Å². The van der Waals surface area contributed by atoms with Crippen molar-refractivity contribution in [3.63, 3.8) is 0 Å². The van der Waals surface area contributed by atoms with E-state index in [1.165, 1.54) is 60.7 Å². The number of benzene rings is 6. The average Bonchev–Trinajstić information content (AvgIpc) is 3.65. The quantitative estimate of drug-likeness (QED) is 0.179. The number of hydrogen-bond donors (Lipinski definition) is 0. The van der Waals surface area contributed by atoms with Crippen LogP contribution in [0.1, 0.15) is 16.7 Å². The normalized spacial score (nSPS) is 13.1. The molecule has 2 aliphatic heterocycles. The number of para-hydroxylation sites is 3. The monoisotopic (exact) mass is 627 g/mol. The number of aromatic nitrogens is 2. The summed E-state index contributed by atoms with van der Waals surface area (Å²) in [4.78, 5) is 7.64. The van der Waals surface area contributed by atoms with Crippen molar-refractivity contribution in [3.05, 3.63) is 144 Å². The average molecular weight is 628 g/mol. The van der Waals surface area contributed by atoms with Crippen molar-refractivity contribution in [2.45, 2.75) is 20.8 Å². The fraction of sp³-hybridized carbons (Fsp3) is 0.0682. The third-order valence-electron chi connectivity index (χ3n) is 10.9. The van der Waals surface area contributed by atoms with Crippen molar-refractivity contribution in [2.24, 2.45) is 0 Å². The number of rotatable bonds is 2. The van der Waals surface area contributed by atoms with Crippen LogP contribution >= 0.6 is 0 Å². The molecule has 2 aliphatic rings. The van der Waals surface area contributed by atoms with Crippen LogP contribution < -0.4 is 15.8 Å². The van der Waals surface area contributed by atoms with Gasteiger partial charge in [-0.2, -0.15) is 0 Å². The molecule has 3 aromatic heterocycles. The Hall–Kier alpha value is -6.07. The molecule has 0 saturated carbocycles. The van der Waals surface area contributed by atoms with E-state index in [4.69, 9.17) is 9.40 Å². The Morgan fingerprint density at radius 2 is 1.41 bits per heavy atom. The van der Waals surface area contributed by atoms with Gasteiger partial charge < -0.3 is 13.8 Å². The van der Waals surface area contributed by atoms with Crippen molar-refractivity contribution in [3.8, 4) is 22.4 Å². The molecule has 4 nitrogen and oxygen atoms in total. The van der Waals surface area contributed by atoms with Gasteiger partial charge in [0.25, 0.3) is 0 Å². The van der Waals surface area contributed by atoms with E-state index in [-0.39, 0.29) is 6.85 Å². The van der Waals surface area contributed by atoms with Gasteiger partial charge in [0, 0.05) is 55.9 Å². The minimum atomic E-state index is -0.0656. The maximum atomic E-state index is 6.82. The van der Waals surface area contributed by atoms with Gasteiger partial charge >= 0.3 is 6.85 Å². The summed E-state index contributed by atoms with van der Waals surface area (Å²) < 4.78 is 9.38. The summed E-state index contributed by atoms with van der Waals surface area (Å²) in [5.74, 6) is 0. The Labute approximate surface area is 284 Å². The van der Waals surface area contributed by atoms with Gasteiger partial charge in [-0.3, -0.25) is 4.98 Å². The summed E-state index contributed by atoms with van der Waals surface area (Å²) in [7, 11) is 0. The Morgan fingerprint density at radius 3 is 2.27 bits per heavy atom. The Morgan fingerprint density at radius 1 is 0.633 bits per heavy atom. The van der Waals surface area contributed by atoms with Crippen molar-refractivity contribution in [2.75, 3.05) is 4.90 Å². The molecule has 11 rings (SSSR count). The number of furan rings is 1. The lowest BCUT2D eigenvalue weighted by molar-refractivity contribution is 0.670. The summed E-state index contributed by atoms with van der Waals surface area (Å²) in [6.07, 6.45) is 1.98. The molecule has 5 heterocycles. The first-order valence-electron chi connectivity index (χ1n) is 17.0. The zero-order chi connectivity index (χ0) is 32.5. The van der Waals surface area contributed by atoms with Crippen LogP contribution in [0.2, 0.25) is 0 Å². The molecule has 0 spiro atoms. The molecule has 0 N–H and O–H groups in total. The second-order valence-corrected chi connectivity index (χ2v) is 13.7. The van der Waals surface area contributed by atoms with E-state index in [0.717, 1.165) is 50.1 Å². The molecule has 0 amide bonds. The first-order chi connectivity index (χ1) is 24.1. The van der Waals surface area contributed by atoms with E-state index < -0.39 is 0 Å². The van der Waals surface area contributed by atoms with Crippen LogP contribution in [0.25, 0.3) is 66.1 Å². The molecule has 9 aromatic rings. The van der Waals surface area contributed by atoms with Gasteiger partial charge in [0.15, 0.2) is 0 Å². The highest BCUT2D eigenvalue weighted by molar-refractivity contribution is 6.90. The molecular weight excluding hydrogens is 597 g/mol. The molecule has 0 unspecified atom stereocenters. The largest absolute Gasteiger partial charge is 0.455 e. The first-order valence-corrected chi connectivity index (χ1v) is 17.0. The highest BCUT2D eigenvalue weighted by atomic mass is 16.3. The molecule has 0 saturated heterocycles. The molecule has 0 bridgehead atoms. The smallest absolute Gasteiger partial charge is 0.333 e. The second-order valence-electron chi connectivity index (χ2n) is 13.7. The Kier molecular flexibility index (Phi) is 5.23. The standard InChI is InChI=1S/C44H30BN3O/c1-25-21-26(2)39(27(3)22-25)28-17-18-35-32(23-28)31-19-20-46-42-40-41-37(24-33-30-13-7-10-16-38(30)49-44(33)40)47(29-11-5-4-6-12-29)36-15-9-8-14-34(36)45(41)48(35)43(31)42/h4-24H,1-3H3. The molecule has 0 atom stereocenters. The van der Waals surface area contributed by atoms with Gasteiger partial charge in [-0.15, -0.1) is 0 Å². The molecule has 49 heavy (non-hydrogen) atoms. The molecule has 0 aliphatic carbocycles. The second kappa shape index (κ2) is 9.52. The number of anilines is 3. The fourth-order valence-electron chi connectivity index (χ4n) is 9.13. The lowest BCUT2D eigenvalue weighted by Crippen LogP contribution is -2.56. The maximum absolute atomic E-state index is 6.82. The van der Waals surface area contributed by atoms with Gasteiger partial charge in [0.1, 0.15) is 11.2 Å². The van der Waals surface area contributed by atoms with Crippen molar-refractivity contribution >= 4 is 78.6 Å². The summed E-state index contributed by atoms with van der Waals surface area (Å²) >= 11 is 0. The van der Waals surface area contributed by atoms with Crippen molar-refractivity contribution < 1.29 is 4.42 Å². The predicted molar refractivity (Wildman–Crippen MR) is 205 cm³/mol. The lowest BCUT2D eigenvalue weighted by atomic mass is 9.45. The van der Waals surface area contributed by atoms with Crippen LogP contribution in [0, 0.1) is 20.8 Å². The lowest BCUT2D eigenvalue weighted by Gasteiger charge is -2.40. The maximum Gasteiger partial charge on any atom is 0.333 e. The van der Waals surface area contributed by atoms with E-state index in [1.807, 2.05) is 6.20 Å². The van der Waals surface area contributed by atoms with E-state index in [9.17, 15) is 0 Å². The van der Waals surface area contributed by atoms with E-state index in [1.54, 1.807) is 0 Å². The number of nitrogens with zero attached hydrogens (tertiary/aromatic N) is 3. The zero-order valence-electron chi connectivity index (χ0n) is 27.5. The van der Waals surface area contributed by atoms with Gasteiger partial charge in [-0.05, 0) is 102 Å². The Bertz CT molecular complexity index is 2860. The van der Waals surface area contributed by atoms with Crippen LogP contribution in [-0.4, -0.2) is 16.3 Å². The molecule has 6 aromatic carbocycles. The molecule has 5 heteroatoms. The van der Waals surface area contributed by atoms with Crippen LogP contribution in [0.5, 0.6) is 0 Å². The van der Waals surface area contributed by atoms with E-state index in [2.05, 4.69) is 151 Å². The van der Waals surface area contributed by atoms with Gasteiger partial charge in [-0.25, -0.2) is 0 Å². The summed E-state index contributed by atoms with van der Waals surface area (Å²) in [5.41, 5.74) is 18.7. The number of hydrogen-bond acceptors (Lipinski definition) is 3. The number of pyridine rings is 1. The fourth-order valence-corrected chi connectivity index (χ4v) is 9.13. The molecule has 0 radical (unpaired) electrons. The van der Waals surface area contributed by atoms with Crippen LogP contribution in [0.15, 0.2) is 132 Å². The highest BCUT2D eigenvalue weighted by Crippen LogP contribution is 2.48. The minimum Gasteiger partial charge on any atom is -0.455 e. The minimum absolute atomic E-state index is 0.0656. The zero-order valence-corrected chi connectivity index (χ0v) is 27.5. The Balaban J connectivity index is 1.31. The SMILES string of the molecule is Cc1cc(C)c(-c2ccc3c(c2)c2ccnc4c2n3B2c3ccccc3N(c3ccccc3)c3cc5c(oc6ccccc65)c-4c32)c(C)c1.